The second kappa shape index (κ2) is 8.81. The quantitative estimate of drug-likeness (QED) is 0.776. The van der Waals surface area contributed by atoms with Crippen LogP contribution in [-0.2, 0) is 4.79 Å². The summed E-state index contributed by atoms with van der Waals surface area (Å²) in [5.74, 6) is 1.92. The first-order valence-corrected chi connectivity index (χ1v) is 8.76. The Morgan fingerprint density at radius 1 is 1.18 bits per heavy atom. The molecule has 5 heteroatoms. The Balaban J connectivity index is 2.15. The smallest absolute Gasteiger partial charge is 0.221 e. The zero-order valence-corrected chi connectivity index (χ0v) is 14.0. The molecule has 0 bridgehead atoms. The predicted molar refractivity (Wildman–Crippen MR) is 93.3 cm³/mol. The highest BCUT2D eigenvalue weighted by Crippen LogP contribution is 2.23. The van der Waals surface area contributed by atoms with Crippen molar-refractivity contribution in [2.45, 2.75) is 19.4 Å². The molecule has 0 radical (unpaired) electrons. The number of hydrogen-bond acceptors (Lipinski definition) is 3. The first-order chi connectivity index (χ1) is 10.7. The Bertz CT molecular complexity index is 589. The monoisotopic (exact) mass is 334 g/mol. The van der Waals surface area contributed by atoms with E-state index in [1.807, 2.05) is 36.4 Å². The number of thioether (sulfide) groups is 1. The van der Waals surface area contributed by atoms with Crippen LogP contribution in [-0.4, -0.2) is 22.4 Å². The van der Waals surface area contributed by atoms with E-state index in [0.717, 1.165) is 22.6 Å². The molecule has 0 saturated heterocycles. The van der Waals surface area contributed by atoms with Crippen molar-refractivity contribution in [1.29, 1.82) is 0 Å². The highest BCUT2D eigenvalue weighted by atomic mass is 35.5. The molecule has 0 saturated carbocycles. The van der Waals surface area contributed by atoms with Crippen LogP contribution in [0, 0.1) is 0 Å². The lowest BCUT2D eigenvalue weighted by Gasteiger charge is -2.20. The van der Waals surface area contributed by atoms with E-state index < -0.39 is 0 Å². The van der Waals surface area contributed by atoms with Crippen LogP contribution in [0.1, 0.15) is 30.5 Å². The first-order valence-electron chi connectivity index (χ1n) is 7.23. The molecule has 0 aliphatic rings. The summed E-state index contributed by atoms with van der Waals surface area (Å²) in [6.45, 7) is 2.09. The fourth-order valence-corrected chi connectivity index (χ4v) is 2.86. The third-order valence-corrected chi connectivity index (χ3v) is 4.38. The van der Waals surface area contributed by atoms with Gasteiger partial charge in [-0.3, -0.25) is 9.78 Å². The summed E-state index contributed by atoms with van der Waals surface area (Å²) in [5.41, 5.74) is 2.01. The normalized spacial score (nSPS) is 11.9. The van der Waals surface area contributed by atoms with E-state index in [9.17, 15) is 4.79 Å². The minimum Gasteiger partial charge on any atom is -0.345 e. The predicted octanol–water partition coefficient (Wildman–Crippen LogP) is 4.08. The van der Waals surface area contributed by atoms with Gasteiger partial charge in [0.15, 0.2) is 0 Å². The highest BCUT2D eigenvalue weighted by Gasteiger charge is 2.16. The van der Waals surface area contributed by atoms with Crippen molar-refractivity contribution in [2.75, 3.05) is 11.5 Å². The number of carbonyl (C=O) groups excluding carboxylic acids is 1. The van der Waals surface area contributed by atoms with Crippen LogP contribution in [0.4, 0.5) is 0 Å². The zero-order valence-electron chi connectivity index (χ0n) is 12.5. The summed E-state index contributed by atoms with van der Waals surface area (Å²) in [5, 5.41) is 3.79. The molecule has 1 atom stereocenters. The molecule has 1 aromatic carbocycles. The highest BCUT2D eigenvalue weighted by molar-refractivity contribution is 7.99. The van der Waals surface area contributed by atoms with Crippen LogP contribution in [0.2, 0.25) is 5.02 Å². The van der Waals surface area contributed by atoms with Gasteiger partial charge >= 0.3 is 0 Å². The number of benzene rings is 1. The standard InChI is InChI=1S/C17H19ClN2OS/c1-2-22-12-9-16(21)20-17(14-7-10-19-11-8-14)13-3-5-15(18)6-4-13/h3-8,10-11,17H,2,9,12H2,1H3,(H,20,21)/t17-/m0/s1. The number of carbonyl (C=O) groups is 1. The summed E-state index contributed by atoms with van der Waals surface area (Å²) in [4.78, 5) is 16.2. The largest absolute Gasteiger partial charge is 0.345 e. The maximum Gasteiger partial charge on any atom is 0.221 e. The van der Waals surface area contributed by atoms with Crippen LogP contribution >= 0.6 is 23.4 Å². The summed E-state index contributed by atoms with van der Waals surface area (Å²) in [6.07, 6.45) is 3.99. The van der Waals surface area contributed by atoms with Gasteiger partial charge in [0, 0.05) is 29.6 Å². The maximum absolute atomic E-state index is 12.2. The molecule has 1 aromatic heterocycles. The van der Waals surface area contributed by atoms with Crippen LogP contribution in [0.3, 0.4) is 0 Å². The number of amides is 1. The SMILES string of the molecule is CCSCCC(=O)N[C@H](c1ccncc1)c1ccc(Cl)cc1. The topological polar surface area (TPSA) is 42.0 Å². The van der Waals surface area contributed by atoms with Gasteiger partial charge < -0.3 is 5.32 Å². The Labute approximate surface area is 140 Å². The molecular weight excluding hydrogens is 316 g/mol. The summed E-state index contributed by atoms with van der Waals surface area (Å²) in [6, 6.07) is 11.2. The van der Waals surface area contributed by atoms with Crippen LogP contribution in [0.15, 0.2) is 48.8 Å². The molecule has 3 nitrogen and oxygen atoms in total. The Morgan fingerprint density at radius 3 is 2.45 bits per heavy atom. The molecular formula is C17H19ClN2OS. The third-order valence-electron chi connectivity index (χ3n) is 3.23. The van der Waals surface area contributed by atoms with E-state index in [0.29, 0.717) is 11.4 Å². The molecule has 116 valence electrons. The second-order valence-corrected chi connectivity index (χ2v) is 6.61. The number of nitrogens with zero attached hydrogens (tertiary/aromatic N) is 1. The summed E-state index contributed by atoms with van der Waals surface area (Å²) >= 11 is 7.72. The zero-order chi connectivity index (χ0) is 15.8. The molecule has 1 N–H and O–H groups in total. The average Bonchev–Trinajstić information content (AvgIpc) is 2.55. The van der Waals surface area contributed by atoms with Crippen molar-refractivity contribution >= 4 is 29.3 Å². The van der Waals surface area contributed by atoms with Gasteiger partial charge in [-0.05, 0) is 41.1 Å². The number of rotatable bonds is 7. The first kappa shape index (κ1) is 16.8. The fraction of sp³-hybridized carbons (Fsp3) is 0.294. The molecule has 1 heterocycles. The van der Waals surface area contributed by atoms with Gasteiger partial charge in [-0.25, -0.2) is 0 Å². The molecule has 2 aromatic rings. The number of nitrogens with one attached hydrogen (secondary N) is 1. The Kier molecular flexibility index (Phi) is 6.74. The molecule has 2 rings (SSSR count). The average molecular weight is 335 g/mol. The number of aromatic nitrogens is 1. The van der Waals surface area contributed by atoms with Crippen LogP contribution in [0.5, 0.6) is 0 Å². The van der Waals surface area contributed by atoms with Gasteiger partial charge in [-0.2, -0.15) is 11.8 Å². The van der Waals surface area contributed by atoms with E-state index in [1.54, 1.807) is 24.2 Å². The molecule has 0 spiro atoms. The minimum atomic E-state index is -0.181. The maximum atomic E-state index is 12.2. The van der Waals surface area contributed by atoms with Crippen molar-refractivity contribution in [1.82, 2.24) is 10.3 Å². The lowest BCUT2D eigenvalue weighted by Crippen LogP contribution is -2.29. The fourth-order valence-electron chi connectivity index (χ4n) is 2.11. The van der Waals surface area contributed by atoms with Crippen molar-refractivity contribution in [2.24, 2.45) is 0 Å². The molecule has 0 unspecified atom stereocenters. The third kappa shape index (κ3) is 5.04. The summed E-state index contributed by atoms with van der Waals surface area (Å²) in [7, 11) is 0. The molecule has 1 amide bonds. The number of pyridine rings is 1. The Morgan fingerprint density at radius 2 is 1.82 bits per heavy atom. The van der Waals surface area contributed by atoms with Crippen molar-refractivity contribution in [3.8, 4) is 0 Å². The van der Waals surface area contributed by atoms with E-state index in [1.165, 1.54) is 0 Å². The van der Waals surface area contributed by atoms with Crippen LogP contribution in [0.25, 0.3) is 0 Å². The van der Waals surface area contributed by atoms with Crippen molar-refractivity contribution < 1.29 is 4.79 Å². The number of hydrogen-bond donors (Lipinski definition) is 1. The summed E-state index contributed by atoms with van der Waals surface area (Å²) < 4.78 is 0. The molecule has 0 aliphatic carbocycles. The number of halogens is 1. The van der Waals surface area contributed by atoms with Crippen molar-refractivity contribution in [3.63, 3.8) is 0 Å². The Hall–Kier alpha value is -1.52. The minimum absolute atomic E-state index is 0.0534. The van der Waals surface area contributed by atoms with Gasteiger partial charge in [-0.15, -0.1) is 0 Å². The van der Waals surface area contributed by atoms with E-state index >= 15 is 0 Å². The second-order valence-electron chi connectivity index (χ2n) is 4.78. The van der Waals surface area contributed by atoms with Crippen LogP contribution < -0.4 is 5.32 Å². The molecule has 0 fully saturated rings. The molecule has 0 aliphatic heterocycles. The molecule has 22 heavy (non-hydrogen) atoms. The van der Waals surface area contributed by atoms with E-state index in [-0.39, 0.29) is 11.9 Å². The lowest BCUT2D eigenvalue weighted by molar-refractivity contribution is -0.121. The van der Waals surface area contributed by atoms with Crippen molar-refractivity contribution in [3.05, 3.63) is 64.9 Å². The van der Waals surface area contributed by atoms with Gasteiger partial charge in [0.1, 0.15) is 0 Å². The van der Waals surface area contributed by atoms with Gasteiger partial charge in [0.2, 0.25) is 5.91 Å². The van der Waals surface area contributed by atoms with Gasteiger partial charge in [-0.1, -0.05) is 30.7 Å². The lowest BCUT2D eigenvalue weighted by atomic mass is 9.99. The van der Waals surface area contributed by atoms with Gasteiger partial charge in [0.25, 0.3) is 0 Å². The van der Waals surface area contributed by atoms with Gasteiger partial charge in [0.05, 0.1) is 6.04 Å². The van der Waals surface area contributed by atoms with E-state index in [4.69, 9.17) is 11.6 Å². The van der Waals surface area contributed by atoms with E-state index in [2.05, 4.69) is 17.2 Å².